The molecule has 4 aliphatic carbocycles. The molecule has 2 unspecified atom stereocenters. The number of benzene rings is 1. The minimum absolute atomic E-state index is 0.296. The molecule has 4 aliphatic rings. The van der Waals surface area contributed by atoms with Gasteiger partial charge in [-0.3, -0.25) is 19.7 Å². The van der Waals surface area contributed by atoms with Gasteiger partial charge in [0.15, 0.2) is 0 Å². The Balaban J connectivity index is 1.54. The molecule has 0 spiro atoms. The number of carbonyl (C=O) groups is 2. The molecule has 2 amide bonds. The number of hydrogen-bond acceptors (Lipinski definition) is 6. The largest absolute Gasteiger partial charge is 0.369 e. The van der Waals surface area contributed by atoms with E-state index in [9.17, 15) is 28.1 Å². The quantitative estimate of drug-likeness (QED) is 0.410. The van der Waals surface area contributed by atoms with Gasteiger partial charge in [0.25, 0.3) is 5.69 Å². The Morgan fingerprint density at radius 2 is 1.81 bits per heavy atom. The normalized spacial score (nSPS) is 31.3. The van der Waals surface area contributed by atoms with Crippen molar-refractivity contribution in [3.05, 3.63) is 34.4 Å². The standard InChI is InChI=1S/C21H28N4O6S/c1-19(2,24-32(30,31)16-5-3-4-15(7-16)25(28)29)18(27)23-21-10-13-6-14(11-21)9-20(8-13,12-21)17(22)26/h3-5,7,13-14,24H,6,8-12H2,1-2H3,(H2,22,26)(H,23,27). The van der Waals surface area contributed by atoms with Crippen LogP contribution in [0.15, 0.2) is 29.2 Å². The molecule has 11 heteroatoms. The molecule has 5 rings (SSSR count). The van der Waals surface area contributed by atoms with Gasteiger partial charge in [-0.25, -0.2) is 8.42 Å². The maximum Gasteiger partial charge on any atom is 0.270 e. The summed E-state index contributed by atoms with van der Waals surface area (Å²) in [7, 11) is -4.20. The average molecular weight is 465 g/mol. The van der Waals surface area contributed by atoms with Gasteiger partial charge in [0.05, 0.1) is 15.2 Å². The first-order valence-corrected chi connectivity index (χ1v) is 12.2. The van der Waals surface area contributed by atoms with Crippen LogP contribution in [0.5, 0.6) is 0 Å². The van der Waals surface area contributed by atoms with Crippen molar-refractivity contribution in [2.24, 2.45) is 23.0 Å². The van der Waals surface area contributed by atoms with Crippen molar-refractivity contribution >= 4 is 27.5 Å². The molecule has 4 N–H and O–H groups in total. The summed E-state index contributed by atoms with van der Waals surface area (Å²) in [4.78, 5) is 35.5. The number of primary amides is 1. The zero-order chi connectivity index (χ0) is 23.5. The molecule has 1 aromatic rings. The van der Waals surface area contributed by atoms with Crippen LogP contribution in [0.1, 0.15) is 52.4 Å². The fraction of sp³-hybridized carbons (Fsp3) is 0.619. The summed E-state index contributed by atoms with van der Waals surface area (Å²) < 4.78 is 28.1. The van der Waals surface area contributed by atoms with Crippen LogP contribution in [0, 0.1) is 27.4 Å². The van der Waals surface area contributed by atoms with Crippen LogP contribution >= 0.6 is 0 Å². The van der Waals surface area contributed by atoms with E-state index in [0.29, 0.717) is 18.3 Å². The van der Waals surface area contributed by atoms with Gasteiger partial charge in [0.2, 0.25) is 21.8 Å². The highest BCUT2D eigenvalue weighted by Gasteiger charge is 2.61. The molecule has 0 saturated heterocycles. The fourth-order valence-corrected chi connectivity index (χ4v) is 7.72. The lowest BCUT2D eigenvalue weighted by atomic mass is 9.46. The minimum Gasteiger partial charge on any atom is -0.369 e. The molecule has 10 nitrogen and oxygen atoms in total. The Morgan fingerprint density at radius 3 is 2.38 bits per heavy atom. The third-order valence-corrected chi connectivity index (χ3v) is 8.91. The first-order valence-electron chi connectivity index (χ1n) is 10.7. The smallest absolute Gasteiger partial charge is 0.270 e. The minimum atomic E-state index is -4.20. The van der Waals surface area contributed by atoms with Crippen LogP contribution in [0.25, 0.3) is 0 Å². The summed E-state index contributed by atoms with van der Waals surface area (Å²) in [6.45, 7) is 2.89. The Bertz CT molecular complexity index is 1090. The maximum absolute atomic E-state index is 13.2. The third kappa shape index (κ3) is 3.88. The molecule has 4 fully saturated rings. The van der Waals surface area contributed by atoms with Gasteiger partial charge >= 0.3 is 0 Å². The molecule has 0 radical (unpaired) electrons. The van der Waals surface area contributed by atoms with E-state index in [0.717, 1.165) is 38.2 Å². The van der Waals surface area contributed by atoms with Gasteiger partial charge in [0.1, 0.15) is 5.54 Å². The summed E-state index contributed by atoms with van der Waals surface area (Å²) in [5.74, 6) is -0.202. The third-order valence-electron chi connectivity index (χ3n) is 7.26. The van der Waals surface area contributed by atoms with Crippen molar-refractivity contribution in [2.45, 2.75) is 68.3 Å². The number of nitro groups is 1. The molecule has 0 aliphatic heterocycles. The number of nitro benzene ring substituents is 1. The molecule has 174 valence electrons. The fourth-order valence-electron chi connectivity index (χ4n) is 6.30. The molecule has 32 heavy (non-hydrogen) atoms. The summed E-state index contributed by atoms with van der Waals surface area (Å²) in [6.07, 6.45) is 4.49. The molecule has 1 aromatic carbocycles. The maximum atomic E-state index is 13.2. The van der Waals surface area contributed by atoms with Crippen LogP contribution in [-0.2, 0) is 19.6 Å². The van der Waals surface area contributed by atoms with E-state index < -0.39 is 37.3 Å². The van der Waals surface area contributed by atoms with Crippen molar-refractivity contribution in [1.82, 2.24) is 10.0 Å². The second kappa shape index (κ2) is 7.24. The molecular weight excluding hydrogens is 436 g/mol. The van der Waals surface area contributed by atoms with Gasteiger partial charge in [-0.2, -0.15) is 4.72 Å². The lowest BCUT2D eigenvalue weighted by Gasteiger charge is -2.61. The van der Waals surface area contributed by atoms with Crippen LogP contribution in [0.2, 0.25) is 0 Å². The number of nitrogens with two attached hydrogens (primary N) is 1. The van der Waals surface area contributed by atoms with Crippen molar-refractivity contribution in [1.29, 1.82) is 0 Å². The lowest BCUT2D eigenvalue weighted by molar-refractivity contribution is -0.385. The number of rotatable bonds is 7. The van der Waals surface area contributed by atoms with Crippen LogP contribution in [-0.4, -0.2) is 36.2 Å². The summed E-state index contributed by atoms with van der Waals surface area (Å²) in [6, 6.07) is 4.65. The topological polar surface area (TPSA) is 162 Å². The zero-order valence-electron chi connectivity index (χ0n) is 18.1. The Kier molecular flexibility index (Phi) is 5.13. The highest BCUT2D eigenvalue weighted by atomic mass is 32.2. The van der Waals surface area contributed by atoms with Crippen molar-refractivity contribution in [3.63, 3.8) is 0 Å². The van der Waals surface area contributed by atoms with Gasteiger partial charge < -0.3 is 11.1 Å². The van der Waals surface area contributed by atoms with E-state index in [-0.39, 0.29) is 16.5 Å². The van der Waals surface area contributed by atoms with Crippen LogP contribution in [0.4, 0.5) is 5.69 Å². The number of nitrogens with zero attached hydrogens (tertiary/aromatic N) is 1. The molecule has 4 bridgehead atoms. The molecular formula is C21H28N4O6S. The number of amides is 2. The molecule has 0 aromatic heterocycles. The molecule has 4 saturated carbocycles. The van der Waals surface area contributed by atoms with E-state index in [4.69, 9.17) is 5.73 Å². The van der Waals surface area contributed by atoms with E-state index in [2.05, 4.69) is 10.0 Å². The van der Waals surface area contributed by atoms with Crippen LogP contribution in [0.3, 0.4) is 0 Å². The number of sulfonamides is 1. The van der Waals surface area contributed by atoms with E-state index >= 15 is 0 Å². The highest BCUT2D eigenvalue weighted by molar-refractivity contribution is 7.89. The van der Waals surface area contributed by atoms with Gasteiger partial charge in [-0.1, -0.05) is 6.07 Å². The second-order valence-electron chi connectivity index (χ2n) is 10.3. The van der Waals surface area contributed by atoms with Crippen molar-refractivity contribution in [3.8, 4) is 0 Å². The average Bonchev–Trinajstić information content (AvgIpc) is 2.65. The number of nitrogens with one attached hydrogen (secondary N) is 2. The van der Waals surface area contributed by atoms with Crippen molar-refractivity contribution < 1.29 is 22.9 Å². The second-order valence-corrected chi connectivity index (χ2v) is 12.0. The highest BCUT2D eigenvalue weighted by Crippen LogP contribution is 2.61. The van der Waals surface area contributed by atoms with Gasteiger partial charge in [-0.05, 0) is 70.3 Å². The van der Waals surface area contributed by atoms with Gasteiger partial charge in [0, 0.05) is 17.7 Å². The Hall–Kier alpha value is -2.53. The first kappa shape index (κ1) is 22.7. The predicted octanol–water partition coefficient (Wildman–Crippen LogP) is 1.59. The van der Waals surface area contributed by atoms with Crippen LogP contribution < -0.4 is 15.8 Å². The van der Waals surface area contributed by atoms with E-state index in [1.807, 2.05) is 0 Å². The zero-order valence-corrected chi connectivity index (χ0v) is 18.9. The van der Waals surface area contributed by atoms with E-state index in [1.54, 1.807) is 0 Å². The van der Waals surface area contributed by atoms with Crippen molar-refractivity contribution in [2.75, 3.05) is 0 Å². The SMILES string of the molecule is CC(C)(NS(=O)(=O)c1cccc([N+](=O)[O-])c1)C(=O)NC12CC3CC(C1)CC(C(N)=O)(C3)C2. The monoisotopic (exact) mass is 464 g/mol. The molecule has 2 atom stereocenters. The Morgan fingerprint density at radius 1 is 1.19 bits per heavy atom. The van der Waals surface area contributed by atoms with E-state index in [1.165, 1.54) is 32.0 Å². The number of hydrogen-bond donors (Lipinski definition) is 3. The number of carbonyl (C=O) groups excluding carboxylic acids is 2. The first-order chi connectivity index (χ1) is 14.8. The summed E-state index contributed by atoms with van der Waals surface area (Å²) >= 11 is 0. The lowest BCUT2D eigenvalue weighted by Crippen LogP contribution is -2.68. The summed E-state index contributed by atoms with van der Waals surface area (Å²) in [5, 5.41) is 14.1. The molecule has 0 heterocycles. The Labute approximate surface area is 186 Å². The van der Waals surface area contributed by atoms with Gasteiger partial charge in [-0.15, -0.1) is 0 Å². The number of non-ortho nitro benzene ring substituents is 1. The summed E-state index contributed by atoms with van der Waals surface area (Å²) in [5.41, 5.74) is 2.69. The predicted molar refractivity (Wildman–Crippen MR) is 115 cm³/mol.